The summed E-state index contributed by atoms with van der Waals surface area (Å²) in [6, 6.07) is 10.2. The lowest BCUT2D eigenvalue weighted by atomic mass is 9.86. The van der Waals surface area contributed by atoms with E-state index in [0.717, 1.165) is 39.5 Å². The first-order valence-corrected chi connectivity index (χ1v) is 8.21. The van der Waals surface area contributed by atoms with Crippen LogP contribution in [0.2, 0.25) is 0 Å². The first kappa shape index (κ1) is 17.7. The van der Waals surface area contributed by atoms with Crippen molar-refractivity contribution in [1.29, 1.82) is 0 Å². The maximum absolute atomic E-state index is 10.4. The van der Waals surface area contributed by atoms with Crippen molar-refractivity contribution >= 4 is 27.9 Å². The van der Waals surface area contributed by atoms with Crippen molar-refractivity contribution < 1.29 is 10.2 Å². The molecule has 0 aliphatic carbocycles. The predicted octanol–water partition coefficient (Wildman–Crippen LogP) is 5.11. The van der Waals surface area contributed by atoms with Gasteiger partial charge in [-0.05, 0) is 59.4 Å². The summed E-state index contributed by atoms with van der Waals surface area (Å²) >= 11 is 5.97. The Morgan fingerprint density at radius 3 is 2.57 bits per heavy atom. The monoisotopic (exact) mass is 330 g/mol. The molecule has 23 heavy (non-hydrogen) atoms. The normalized spacial score (nSPS) is 14.3. The summed E-state index contributed by atoms with van der Waals surface area (Å²) in [5, 5.41) is 22.7. The summed E-state index contributed by atoms with van der Waals surface area (Å²) < 4.78 is 0. The molecular weight excluding hydrogens is 308 g/mol. The minimum atomic E-state index is -0.898. The van der Waals surface area contributed by atoms with Gasteiger partial charge in [0.05, 0.1) is 6.61 Å². The van der Waals surface area contributed by atoms with Crippen molar-refractivity contribution in [3.05, 3.63) is 64.2 Å². The third-order valence-corrected chi connectivity index (χ3v) is 4.14. The fourth-order valence-electron chi connectivity index (χ4n) is 2.96. The Labute approximate surface area is 142 Å². The van der Waals surface area contributed by atoms with Crippen LogP contribution in [0.1, 0.15) is 43.1 Å². The molecule has 2 rings (SSSR count). The summed E-state index contributed by atoms with van der Waals surface area (Å²) in [6.07, 6.45) is 3.77. The number of hydrogen-bond acceptors (Lipinski definition) is 2. The van der Waals surface area contributed by atoms with Gasteiger partial charge in [-0.2, -0.15) is 0 Å². The second kappa shape index (κ2) is 7.78. The zero-order valence-electron chi connectivity index (χ0n) is 13.8. The molecule has 1 unspecified atom stereocenters. The minimum Gasteiger partial charge on any atom is -0.393 e. The molecular formula is C20H23ClO2. The average Bonchev–Trinajstić information content (AvgIpc) is 2.54. The molecule has 2 N–H and O–H groups in total. The van der Waals surface area contributed by atoms with E-state index in [-0.39, 0.29) is 6.61 Å². The van der Waals surface area contributed by atoms with Crippen molar-refractivity contribution in [3.8, 4) is 0 Å². The second-order valence-electron chi connectivity index (χ2n) is 5.70. The standard InChI is InChI=1S/C20H23ClO2/c1-4-15(10-9-14(3)21)20-17-8-6-5-7-16(17)11-13(2)19(20)18(23)12-22/h5-11,18,22-23H,4,12H2,1-3H3. The zero-order valence-corrected chi connectivity index (χ0v) is 14.6. The highest BCUT2D eigenvalue weighted by molar-refractivity contribution is 6.29. The van der Waals surface area contributed by atoms with Crippen molar-refractivity contribution in [2.75, 3.05) is 6.61 Å². The summed E-state index contributed by atoms with van der Waals surface area (Å²) in [6.45, 7) is 5.59. The molecule has 0 aliphatic heterocycles. The molecule has 1 atom stereocenters. The van der Waals surface area contributed by atoms with Crippen molar-refractivity contribution in [2.45, 2.75) is 33.3 Å². The van der Waals surface area contributed by atoms with E-state index >= 15 is 0 Å². The van der Waals surface area contributed by atoms with E-state index in [4.69, 9.17) is 11.6 Å². The molecule has 0 fully saturated rings. The SMILES string of the molecule is CCC(=CC=C(C)Cl)c1c(C(O)CO)c(C)cc2ccccc12. The van der Waals surface area contributed by atoms with Gasteiger partial charge in [0.25, 0.3) is 0 Å². The molecule has 2 nitrogen and oxygen atoms in total. The molecule has 0 heterocycles. The Hall–Kier alpha value is -1.61. The Morgan fingerprint density at radius 2 is 1.96 bits per heavy atom. The van der Waals surface area contributed by atoms with Gasteiger partial charge in [-0.1, -0.05) is 54.9 Å². The summed E-state index contributed by atoms with van der Waals surface area (Å²) in [4.78, 5) is 0. The van der Waals surface area contributed by atoms with Gasteiger partial charge < -0.3 is 10.2 Å². The fraction of sp³-hybridized carbons (Fsp3) is 0.300. The molecule has 0 spiro atoms. The predicted molar refractivity (Wildman–Crippen MR) is 98.6 cm³/mol. The van der Waals surface area contributed by atoms with Gasteiger partial charge in [0.2, 0.25) is 0 Å². The van der Waals surface area contributed by atoms with Crippen molar-refractivity contribution in [1.82, 2.24) is 0 Å². The molecule has 0 radical (unpaired) electrons. The number of rotatable bonds is 5. The molecule has 2 aromatic rings. The molecule has 3 heteroatoms. The second-order valence-corrected chi connectivity index (χ2v) is 6.30. The van der Waals surface area contributed by atoms with Crippen LogP contribution in [0.3, 0.4) is 0 Å². The van der Waals surface area contributed by atoms with Gasteiger partial charge in [-0.15, -0.1) is 0 Å². The van der Waals surface area contributed by atoms with E-state index in [1.54, 1.807) is 0 Å². The Bertz CT molecular complexity index is 756. The summed E-state index contributed by atoms with van der Waals surface area (Å²) in [7, 11) is 0. The highest BCUT2D eigenvalue weighted by Crippen LogP contribution is 2.36. The number of halogens is 1. The lowest BCUT2D eigenvalue weighted by molar-refractivity contribution is 0.0950. The number of benzene rings is 2. The maximum Gasteiger partial charge on any atom is 0.103 e. The van der Waals surface area contributed by atoms with Crippen LogP contribution >= 0.6 is 11.6 Å². The zero-order chi connectivity index (χ0) is 17.0. The number of fused-ring (bicyclic) bond motifs is 1. The van der Waals surface area contributed by atoms with E-state index in [9.17, 15) is 10.2 Å². The number of aliphatic hydroxyl groups is 2. The van der Waals surface area contributed by atoms with Crippen molar-refractivity contribution in [3.63, 3.8) is 0 Å². The smallest absolute Gasteiger partial charge is 0.103 e. The number of allylic oxidation sites excluding steroid dienone is 4. The average molecular weight is 331 g/mol. The molecule has 0 saturated carbocycles. The molecule has 122 valence electrons. The maximum atomic E-state index is 10.4. The van der Waals surface area contributed by atoms with Gasteiger partial charge in [-0.3, -0.25) is 0 Å². The first-order chi connectivity index (χ1) is 11.0. The van der Waals surface area contributed by atoms with Crippen LogP contribution in [0, 0.1) is 6.92 Å². The van der Waals surface area contributed by atoms with E-state index in [1.165, 1.54) is 0 Å². The lowest BCUT2D eigenvalue weighted by Gasteiger charge is -2.21. The van der Waals surface area contributed by atoms with Gasteiger partial charge in [0.15, 0.2) is 0 Å². The van der Waals surface area contributed by atoms with E-state index in [1.807, 2.05) is 38.1 Å². The van der Waals surface area contributed by atoms with Gasteiger partial charge in [-0.25, -0.2) is 0 Å². The van der Waals surface area contributed by atoms with Crippen LogP contribution < -0.4 is 0 Å². The third kappa shape index (κ3) is 3.84. The van der Waals surface area contributed by atoms with E-state index in [2.05, 4.69) is 25.1 Å². The van der Waals surface area contributed by atoms with Gasteiger partial charge in [0, 0.05) is 5.03 Å². The van der Waals surface area contributed by atoms with Gasteiger partial charge >= 0.3 is 0 Å². The van der Waals surface area contributed by atoms with Crippen LogP contribution in [-0.2, 0) is 0 Å². The number of aryl methyl sites for hydroxylation is 1. The van der Waals surface area contributed by atoms with Crippen LogP contribution in [0.4, 0.5) is 0 Å². The fourth-order valence-corrected chi connectivity index (χ4v) is 3.03. The highest BCUT2D eigenvalue weighted by Gasteiger charge is 2.19. The molecule has 0 bridgehead atoms. The third-order valence-electron chi connectivity index (χ3n) is 4.02. The lowest BCUT2D eigenvalue weighted by Crippen LogP contribution is -2.09. The Morgan fingerprint density at radius 1 is 1.26 bits per heavy atom. The number of aliphatic hydroxyl groups excluding tert-OH is 2. The van der Waals surface area contributed by atoms with Crippen LogP contribution in [0.15, 0.2) is 47.5 Å². The highest BCUT2D eigenvalue weighted by atomic mass is 35.5. The quantitative estimate of drug-likeness (QED) is 0.748. The van der Waals surface area contributed by atoms with Crippen LogP contribution in [0.5, 0.6) is 0 Å². The molecule has 0 saturated heterocycles. The Balaban J connectivity index is 2.86. The molecule has 0 amide bonds. The first-order valence-electron chi connectivity index (χ1n) is 7.84. The minimum absolute atomic E-state index is 0.298. The molecule has 0 aliphatic rings. The molecule has 2 aromatic carbocycles. The van der Waals surface area contributed by atoms with Crippen LogP contribution in [-0.4, -0.2) is 16.8 Å². The Kier molecular flexibility index (Phi) is 6.00. The molecule has 0 aromatic heterocycles. The largest absolute Gasteiger partial charge is 0.393 e. The summed E-state index contributed by atoms with van der Waals surface area (Å²) in [5.74, 6) is 0. The summed E-state index contributed by atoms with van der Waals surface area (Å²) in [5.41, 5.74) is 3.86. The topological polar surface area (TPSA) is 40.5 Å². The van der Waals surface area contributed by atoms with Crippen molar-refractivity contribution in [2.24, 2.45) is 0 Å². The van der Waals surface area contributed by atoms with E-state index < -0.39 is 6.10 Å². The van der Waals surface area contributed by atoms with E-state index in [0.29, 0.717) is 5.03 Å². The van der Waals surface area contributed by atoms with Gasteiger partial charge in [0.1, 0.15) is 6.10 Å². The number of hydrogen-bond donors (Lipinski definition) is 2. The van der Waals surface area contributed by atoms with Crippen LogP contribution in [0.25, 0.3) is 16.3 Å².